The highest BCUT2D eigenvalue weighted by atomic mass is 16.6. The number of fused-ring (bicyclic) bond motifs is 3. The Hall–Kier alpha value is -2.08. The van der Waals surface area contributed by atoms with Crippen molar-refractivity contribution in [1.29, 1.82) is 0 Å². The minimum atomic E-state index is -0.799. The van der Waals surface area contributed by atoms with E-state index in [1.807, 2.05) is 12.1 Å². The van der Waals surface area contributed by atoms with Crippen LogP contribution in [0.1, 0.15) is 77.8 Å². The summed E-state index contributed by atoms with van der Waals surface area (Å²) in [5.74, 6) is 0.741. The van der Waals surface area contributed by atoms with Crippen LogP contribution in [-0.4, -0.2) is 29.7 Å². The molecule has 3 aliphatic rings. The van der Waals surface area contributed by atoms with Crippen LogP contribution >= 0.6 is 0 Å². The minimum absolute atomic E-state index is 0.109. The SMILES string of the molecule is C[C@H](NC(=O)Oc1ccc2c(c1)[C@@]1(C)CCCC[C@H]3C[C@@]3(C2)[C@@H]1N)C(=O)OC(C)(C)C. The van der Waals surface area contributed by atoms with E-state index >= 15 is 0 Å². The maximum atomic E-state index is 12.4. The molecule has 4 rings (SSSR count). The van der Waals surface area contributed by atoms with Crippen molar-refractivity contribution in [3.8, 4) is 5.75 Å². The van der Waals surface area contributed by atoms with E-state index in [4.69, 9.17) is 15.2 Å². The molecule has 3 aliphatic carbocycles. The molecule has 3 N–H and O–H groups in total. The molecule has 0 radical (unpaired) electrons. The maximum Gasteiger partial charge on any atom is 0.413 e. The van der Waals surface area contributed by atoms with Gasteiger partial charge < -0.3 is 20.5 Å². The van der Waals surface area contributed by atoms with Crippen molar-refractivity contribution in [2.24, 2.45) is 17.1 Å². The molecule has 170 valence electrons. The topological polar surface area (TPSA) is 90.6 Å². The van der Waals surface area contributed by atoms with Crippen molar-refractivity contribution >= 4 is 12.1 Å². The van der Waals surface area contributed by atoms with Gasteiger partial charge in [0.2, 0.25) is 0 Å². The number of esters is 1. The lowest BCUT2D eigenvalue weighted by atomic mass is 9.59. The Kier molecular flexibility index (Phi) is 5.36. The lowest BCUT2D eigenvalue weighted by Crippen LogP contribution is -2.54. The second-order valence-corrected chi connectivity index (χ2v) is 11.1. The van der Waals surface area contributed by atoms with Crippen LogP contribution in [0.3, 0.4) is 0 Å². The van der Waals surface area contributed by atoms with Gasteiger partial charge in [0.15, 0.2) is 0 Å². The third-order valence-electron chi connectivity index (χ3n) is 7.61. The molecule has 0 saturated heterocycles. The van der Waals surface area contributed by atoms with Gasteiger partial charge in [-0.1, -0.05) is 25.8 Å². The fourth-order valence-electron chi connectivity index (χ4n) is 5.89. The minimum Gasteiger partial charge on any atom is -0.458 e. The normalized spacial score (nSPS) is 32.5. The second-order valence-electron chi connectivity index (χ2n) is 11.1. The smallest absolute Gasteiger partial charge is 0.413 e. The molecule has 2 saturated carbocycles. The first-order valence-corrected chi connectivity index (χ1v) is 11.5. The molecule has 0 heterocycles. The third kappa shape index (κ3) is 4.07. The number of nitrogens with two attached hydrogens (primary N) is 1. The molecule has 1 aromatic carbocycles. The van der Waals surface area contributed by atoms with E-state index in [0.29, 0.717) is 5.75 Å². The number of carbonyl (C=O) groups excluding carboxylic acids is 2. The lowest BCUT2D eigenvalue weighted by Gasteiger charge is -2.48. The van der Waals surface area contributed by atoms with Crippen molar-refractivity contribution in [2.45, 2.75) is 96.2 Å². The average Bonchev–Trinajstić information content (AvgIpc) is 3.35. The van der Waals surface area contributed by atoms with Crippen molar-refractivity contribution < 1.29 is 19.1 Å². The molecule has 0 aliphatic heterocycles. The highest BCUT2D eigenvalue weighted by Gasteiger charge is 2.64. The van der Waals surface area contributed by atoms with Crippen LogP contribution in [0.15, 0.2) is 18.2 Å². The zero-order valence-electron chi connectivity index (χ0n) is 19.4. The molecular formula is C25H36N2O4. The van der Waals surface area contributed by atoms with Crippen LogP contribution in [0.2, 0.25) is 0 Å². The van der Waals surface area contributed by atoms with Gasteiger partial charge in [-0.3, -0.25) is 0 Å². The van der Waals surface area contributed by atoms with Gasteiger partial charge in [-0.05, 0) is 88.0 Å². The van der Waals surface area contributed by atoms with Gasteiger partial charge in [0.25, 0.3) is 0 Å². The number of hydrogen-bond acceptors (Lipinski definition) is 5. The maximum absolute atomic E-state index is 12.4. The predicted molar refractivity (Wildman–Crippen MR) is 119 cm³/mol. The van der Waals surface area contributed by atoms with Crippen molar-refractivity contribution in [1.82, 2.24) is 5.32 Å². The Labute approximate surface area is 185 Å². The van der Waals surface area contributed by atoms with Crippen molar-refractivity contribution in [3.05, 3.63) is 29.3 Å². The highest BCUT2D eigenvalue weighted by Crippen LogP contribution is 2.66. The molecule has 0 aromatic heterocycles. The number of amides is 1. The number of rotatable bonds is 3. The number of nitrogens with one attached hydrogen (secondary N) is 1. The van der Waals surface area contributed by atoms with Crippen LogP contribution in [0.4, 0.5) is 4.79 Å². The summed E-state index contributed by atoms with van der Waals surface area (Å²) in [5, 5.41) is 2.56. The summed E-state index contributed by atoms with van der Waals surface area (Å²) < 4.78 is 10.8. The summed E-state index contributed by atoms with van der Waals surface area (Å²) >= 11 is 0. The lowest BCUT2D eigenvalue weighted by molar-refractivity contribution is -0.156. The average molecular weight is 429 g/mol. The zero-order valence-corrected chi connectivity index (χ0v) is 19.4. The first-order valence-electron chi connectivity index (χ1n) is 11.5. The van der Waals surface area contributed by atoms with E-state index < -0.39 is 23.7 Å². The molecule has 6 heteroatoms. The summed E-state index contributed by atoms with van der Waals surface area (Å²) in [4.78, 5) is 24.5. The summed E-state index contributed by atoms with van der Waals surface area (Å²) in [7, 11) is 0. The molecule has 2 fully saturated rings. The number of ether oxygens (including phenoxy) is 2. The third-order valence-corrected chi connectivity index (χ3v) is 7.61. The van der Waals surface area contributed by atoms with Gasteiger partial charge in [-0.15, -0.1) is 0 Å². The van der Waals surface area contributed by atoms with Crippen LogP contribution < -0.4 is 15.8 Å². The van der Waals surface area contributed by atoms with Gasteiger partial charge in [-0.2, -0.15) is 0 Å². The number of carbonyl (C=O) groups is 2. The largest absolute Gasteiger partial charge is 0.458 e. The highest BCUT2D eigenvalue weighted by molar-refractivity contribution is 5.82. The molecule has 5 atom stereocenters. The molecule has 1 aromatic rings. The molecule has 1 amide bonds. The van der Waals surface area contributed by atoms with Gasteiger partial charge in [-0.25, -0.2) is 9.59 Å². The predicted octanol–water partition coefficient (Wildman–Crippen LogP) is 4.23. The van der Waals surface area contributed by atoms with Gasteiger partial charge in [0.1, 0.15) is 17.4 Å². The fourth-order valence-corrected chi connectivity index (χ4v) is 5.89. The van der Waals surface area contributed by atoms with Crippen LogP contribution in [0.5, 0.6) is 5.75 Å². The number of hydrogen-bond donors (Lipinski definition) is 2. The molecule has 2 bridgehead atoms. The Morgan fingerprint density at radius 3 is 2.71 bits per heavy atom. The summed E-state index contributed by atoms with van der Waals surface area (Å²) in [6, 6.07) is 5.27. The monoisotopic (exact) mass is 428 g/mol. The molecule has 31 heavy (non-hydrogen) atoms. The quantitative estimate of drug-likeness (QED) is 0.703. The molecular weight excluding hydrogens is 392 g/mol. The van der Waals surface area contributed by atoms with Gasteiger partial charge in [0.05, 0.1) is 0 Å². The molecule has 6 nitrogen and oxygen atoms in total. The zero-order chi connectivity index (χ0) is 22.6. The summed E-state index contributed by atoms with van der Waals surface area (Å²) in [5.41, 5.74) is 8.99. The summed E-state index contributed by atoms with van der Waals surface area (Å²) in [6.07, 6.45) is 6.40. The van der Waals surface area contributed by atoms with E-state index in [2.05, 4.69) is 18.3 Å². The Bertz CT molecular complexity index is 892. The summed E-state index contributed by atoms with van der Waals surface area (Å²) in [6.45, 7) is 9.24. The molecule has 1 spiro atoms. The number of benzene rings is 1. The van der Waals surface area contributed by atoms with E-state index in [9.17, 15) is 9.59 Å². The Morgan fingerprint density at radius 2 is 2.00 bits per heavy atom. The van der Waals surface area contributed by atoms with Crippen molar-refractivity contribution in [3.63, 3.8) is 0 Å². The Morgan fingerprint density at radius 1 is 1.26 bits per heavy atom. The van der Waals surface area contributed by atoms with Crippen LogP contribution in [0.25, 0.3) is 0 Å². The molecule has 0 unspecified atom stereocenters. The van der Waals surface area contributed by atoms with Gasteiger partial charge >= 0.3 is 12.1 Å². The van der Waals surface area contributed by atoms with E-state index in [1.165, 1.54) is 36.8 Å². The van der Waals surface area contributed by atoms with E-state index in [0.717, 1.165) is 18.8 Å². The van der Waals surface area contributed by atoms with Gasteiger partial charge in [0, 0.05) is 11.5 Å². The van der Waals surface area contributed by atoms with E-state index in [1.54, 1.807) is 27.7 Å². The van der Waals surface area contributed by atoms with E-state index in [-0.39, 0.29) is 16.9 Å². The Balaban J connectivity index is 1.49. The fraction of sp³-hybridized carbons (Fsp3) is 0.680. The second kappa shape index (κ2) is 7.51. The standard InChI is InChI=1S/C25H36N2O4/c1-15(20(28)31-23(2,3)4)27-22(29)30-18-10-9-16-13-25-14-17(25)8-6-7-11-24(5,21(25)26)19(16)12-18/h9-10,12,15,17,21H,6-8,11,13-14,26H2,1-5H3,(H,27,29)/t15-,17-,21+,24+,25+/m0/s1. The first kappa shape index (κ1) is 22.1. The van der Waals surface area contributed by atoms with Crippen molar-refractivity contribution in [2.75, 3.05) is 0 Å². The van der Waals surface area contributed by atoms with Crippen LogP contribution in [0, 0.1) is 11.3 Å². The van der Waals surface area contributed by atoms with Crippen LogP contribution in [-0.2, 0) is 21.4 Å². The first-order chi connectivity index (χ1) is 14.4.